The fraction of sp³-hybridized carbons (Fsp3) is 0.267. The lowest BCUT2D eigenvalue weighted by atomic mass is 9.93. The van der Waals surface area contributed by atoms with Crippen molar-refractivity contribution in [2.24, 2.45) is 0 Å². The summed E-state index contributed by atoms with van der Waals surface area (Å²) in [6, 6.07) is 8.97. The molecule has 19 heavy (non-hydrogen) atoms. The van der Waals surface area contributed by atoms with Gasteiger partial charge in [0.1, 0.15) is 0 Å². The fourth-order valence-corrected chi connectivity index (χ4v) is 2.38. The van der Waals surface area contributed by atoms with Crippen molar-refractivity contribution in [2.75, 3.05) is 18.5 Å². The minimum absolute atomic E-state index is 0.264. The molecule has 0 amide bonds. The van der Waals surface area contributed by atoms with E-state index >= 15 is 0 Å². The summed E-state index contributed by atoms with van der Waals surface area (Å²) in [4.78, 5) is 4.06. The molecule has 0 saturated carbocycles. The van der Waals surface area contributed by atoms with Crippen molar-refractivity contribution in [3.63, 3.8) is 0 Å². The highest BCUT2D eigenvalue weighted by atomic mass is 19.1. The zero-order valence-electron chi connectivity index (χ0n) is 10.5. The van der Waals surface area contributed by atoms with Crippen LogP contribution in [0, 0.1) is 5.82 Å². The Morgan fingerprint density at radius 2 is 2.26 bits per heavy atom. The number of rotatable bonds is 3. The molecule has 0 saturated heterocycles. The predicted molar refractivity (Wildman–Crippen MR) is 72.0 cm³/mol. The number of anilines is 1. The van der Waals surface area contributed by atoms with E-state index in [1.54, 1.807) is 18.5 Å². The summed E-state index contributed by atoms with van der Waals surface area (Å²) in [6.45, 7) is 1.32. The van der Waals surface area contributed by atoms with Crippen LogP contribution in [0.25, 0.3) is 0 Å². The number of nitrogens with one attached hydrogen (secondary N) is 1. The Morgan fingerprint density at radius 3 is 3.11 bits per heavy atom. The molecule has 1 aliphatic heterocycles. The first-order valence-corrected chi connectivity index (χ1v) is 6.39. The Labute approximate surface area is 111 Å². The summed E-state index contributed by atoms with van der Waals surface area (Å²) in [5, 5.41) is 3.33. The molecule has 1 aromatic carbocycles. The monoisotopic (exact) mass is 258 g/mol. The Bertz CT molecular complexity index is 559. The van der Waals surface area contributed by atoms with E-state index in [0.717, 1.165) is 24.2 Å². The fourth-order valence-electron chi connectivity index (χ4n) is 2.38. The first-order chi connectivity index (χ1) is 9.34. The molecule has 0 fully saturated rings. The number of ether oxygens (including phenoxy) is 1. The molecule has 0 spiro atoms. The van der Waals surface area contributed by atoms with Crippen LogP contribution in [0.15, 0.2) is 42.7 Å². The van der Waals surface area contributed by atoms with Crippen molar-refractivity contribution < 1.29 is 9.13 Å². The van der Waals surface area contributed by atoms with Gasteiger partial charge in [-0.2, -0.15) is 0 Å². The van der Waals surface area contributed by atoms with Crippen molar-refractivity contribution in [2.45, 2.75) is 12.3 Å². The normalized spacial score (nSPS) is 17.4. The maximum absolute atomic E-state index is 13.7. The third-order valence-corrected chi connectivity index (χ3v) is 3.36. The van der Waals surface area contributed by atoms with Crippen LogP contribution in [-0.2, 0) is 0 Å². The van der Waals surface area contributed by atoms with E-state index in [1.165, 1.54) is 6.07 Å². The van der Waals surface area contributed by atoms with Gasteiger partial charge in [0.25, 0.3) is 0 Å². The van der Waals surface area contributed by atoms with Gasteiger partial charge >= 0.3 is 0 Å². The highest BCUT2D eigenvalue weighted by Gasteiger charge is 2.23. The highest BCUT2D eigenvalue weighted by molar-refractivity contribution is 5.43. The third kappa shape index (κ3) is 2.52. The van der Waals surface area contributed by atoms with E-state index in [1.807, 2.05) is 18.2 Å². The summed E-state index contributed by atoms with van der Waals surface area (Å²) in [6.07, 6.45) is 4.42. The van der Waals surface area contributed by atoms with Crippen LogP contribution in [0.5, 0.6) is 5.75 Å². The number of pyridine rings is 1. The van der Waals surface area contributed by atoms with Gasteiger partial charge in [-0.25, -0.2) is 4.39 Å². The molecular formula is C15H15FN2O. The molecule has 0 aliphatic carbocycles. The van der Waals surface area contributed by atoms with Gasteiger partial charge in [0, 0.05) is 30.4 Å². The van der Waals surface area contributed by atoms with Gasteiger partial charge in [-0.15, -0.1) is 0 Å². The molecule has 0 bridgehead atoms. The maximum Gasteiger partial charge on any atom is 0.165 e. The van der Waals surface area contributed by atoms with Crippen LogP contribution in [-0.4, -0.2) is 18.1 Å². The summed E-state index contributed by atoms with van der Waals surface area (Å²) >= 11 is 0. The van der Waals surface area contributed by atoms with E-state index in [-0.39, 0.29) is 11.7 Å². The lowest BCUT2D eigenvalue weighted by Crippen LogP contribution is -2.21. The van der Waals surface area contributed by atoms with Gasteiger partial charge in [-0.3, -0.25) is 4.98 Å². The van der Waals surface area contributed by atoms with Gasteiger partial charge in [-0.05, 0) is 24.6 Å². The third-order valence-electron chi connectivity index (χ3n) is 3.36. The highest BCUT2D eigenvalue weighted by Crippen LogP contribution is 2.35. The van der Waals surface area contributed by atoms with E-state index in [4.69, 9.17) is 4.74 Å². The van der Waals surface area contributed by atoms with Gasteiger partial charge < -0.3 is 10.1 Å². The lowest BCUT2D eigenvalue weighted by Gasteiger charge is -2.26. The van der Waals surface area contributed by atoms with Crippen molar-refractivity contribution in [3.05, 3.63) is 54.1 Å². The summed E-state index contributed by atoms with van der Waals surface area (Å²) in [7, 11) is 0. The molecule has 2 aromatic rings. The van der Waals surface area contributed by atoms with Crippen LogP contribution in [0.2, 0.25) is 0 Å². The molecule has 0 radical (unpaired) electrons. The Hall–Kier alpha value is -2.10. The van der Waals surface area contributed by atoms with E-state index in [0.29, 0.717) is 12.4 Å². The van der Waals surface area contributed by atoms with Crippen molar-refractivity contribution in [1.29, 1.82) is 0 Å². The number of hydrogen-bond acceptors (Lipinski definition) is 3. The standard InChI is InChI=1S/C15H15FN2O/c16-14-5-1-4-13-11(6-8-19-15(13)14)9-18-12-3-2-7-17-10-12/h1-5,7,10-11,18H,6,8-9H2. The summed E-state index contributed by atoms with van der Waals surface area (Å²) < 4.78 is 19.1. The second kappa shape index (κ2) is 5.26. The quantitative estimate of drug-likeness (QED) is 0.918. The number of aromatic nitrogens is 1. The first-order valence-electron chi connectivity index (χ1n) is 6.39. The molecule has 1 atom stereocenters. The van der Waals surface area contributed by atoms with Gasteiger partial charge in [0.15, 0.2) is 11.6 Å². The number of fused-ring (bicyclic) bond motifs is 1. The molecule has 1 N–H and O–H groups in total. The zero-order valence-corrected chi connectivity index (χ0v) is 10.5. The second-order valence-corrected chi connectivity index (χ2v) is 4.61. The summed E-state index contributed by atoms with van der Waals surface area (Å²) in [5.41, 5.74) is 1.93. The second-order valence-electron chi connectivity index (χ2n) is 4.61. The topological polar surface area (TPSA) is 34.1 Å². The zero-order chi connectivity index (χ0) is 13.1. The number of para-hydroxylation sites is 1. The Kier molecular flexibility index (Phi) is 3.31. The van der Waals surface area contributed by atoms with Crippen LogP contribution in [0.4, 0.5) is 10.1 Å². The molecule has 1 unspecified atom stereocenters. The minimum atomic E-state index is -0.274. The van der Waals surface area contributed by atoms with Gasteiger partial charge in [0.2, 0.25) is 0 Å². The SMILES string of the molecule is Fc1cccc2c1OCCC2CNc1cccnc1. The smallest absolute Gasteiger partial charge is 0.165 e. The molecular weight excluding hydrogens is 243 g/mol. The lowest BCUT2D eigenvalue weighted by molar-refractivity contribution is 0.256. The maximum atomic E-state index is 13.7. The molecule has 1 aliphatic rings. The number of halogens is 1. The number of hydrogen-bond donors (Lipinski definition) is 1. The average Bonchev–Trinajstić information content (AvgIpc) is 2.47. The predicted octanol–water partition coefficient (Wildman–Crippen LogP) is 3.20. The average molecular weight is 258 g/mol. The van der Waals surface area contributed by atoms with E-state index in [9.17, 15) is 4.39 Å². The molecule has 4 heteroatoms. The van der Waals surface area contributed by atoms with E-state index in [2.05, 4.69) is 10.3 Å². The van der Waals surface area contributed by atoms with Crippen molar-refractivity contribution >= 4 is 5.69 Å². The molecule has 98 valence electrons. The van der Waals surface area contributed by atoms with Crippen LogP contribution < -0.4 is 10.1 Å². The van der Waals surface area contributed by atoms with Crippen molar-refractivity contribution in [1.82, 2.24) is 4.98 Å². The Balaban J connectivity index is 1.75. The van der Waals surface area contributed by atoms with E-state index < -0.39 is 0 Å². The largest absolute Gasteiger partial charge is 0.490 e. The Morgan fingerprint density at radius 1 is 1.32 bits per heavy atom. The van der Waals surface area contributed by atoms with Crippen LogP contribution in [0.3, 0.4) is 0 Å². The first kappa shape index (κ1) is 12.0. The van der Waals surface area contributed by atoms with Gasteiger partial charge in [-0.1, -0.05) is 12.1 Å². The van der Waals surface area contributed by atoms with Crippen LogP contribution >= 0.6 is 0 Å². The molecule has 3 nitrogen and oxygen atoms in total. The van der Waals surface area contributed by atoms with Crippen molar-refractivity contribution in [3.8, 4) is 5.75 Å². The number of benzene rings is 1. The van der Waals surface area contributed by atoms with Gasteiger partial charge in [0.05, 0.1) is 12.3 Å². The molecule has 3 rings (SSSR count). The number of nitrogens with zero attached hydrogens (tertiary/aromatic N) is 1. The van der Waals surface area contributed by atoms with Crippen LogP contribution in [0.1, 0.15) is 17.9 Å². The minimum Gasteiger partial charge on any atom is -0.490 e. The molecule has 1 aromatic heterocycles. The molecule has 2 heterocycles. The summed E-state index contributed by atoms with van der Waals surface area (Å²) in [5.74, 6) is 0.398.